The lowest BCUT2D eigenvalue weighted by molar-refractivity contribution is 0.0742. The van der Waals surface area contributed by atoms with Crippen LogP contribution in [0.5, 0.6) is 0 Å². The summed E-state index contributed by atoms with van der Waals surface area (Å²) in [6, 6.07) is 4.36. The second kappa shape index (κ2) is 6.47. The molecule has 0 bridgehead atoms. The Hall–Kier alpha value is -1.56. The molecule has 2 rings (SSSR count). The number of nitrogens with zero attached hydrogens (tertiary/aromatic N) is 1. The summed E-state index contributed by atoms with van der Waals surface area (Å²) < 4.78 is 23.3. The fourth-order valence-corrected chi connectivity index (χ4v) is 3.28. The minimum Gasteiger partial charge on any atom is -0.399 e. The number of likely N-dealkylation sites (tertiary alicyclic amines) is 1. The van der Waals surface area contributed by atoms with E-state index in [-0.39, 0.29) is 10.8 Å². The van der Waals surface area contributed by atoms with Crippen molar-refractivity contribution in [3.8, 4) is 0 Å². The van der Waals surface area contributed by atoms with E-state index in [0.717, 1.165) is 45.0 Å². The van der Waals surface area contributed by atoms with E-state index in [1.165, 1.54) is 18.6 Å². The number of anilines is 1. The predicted molar refractivity (Wildman–Crippen MR) is 83.0 cm³/mol. The molecule has 116 valence electrons. The van der Waals surface area contributed by atoms with Crippen LogP contribution in [0.1, 0.15) is 42.5 Å². The van der Waals surface area contributed by atoms with Crippen molar-refractivity contribution in [1.82, 2.24) is 4.90 Å². The molecular formula is C15H22N2O3S. The van der Waals surface area contributed by atoms with Crippen LogP contribution < -0.4 is 5.73 Å². The fraction of sp³-hybridized carbons (Fsp3) is 0.533. The van der Waals surface area contributed by atoms with E-state index in [1.54, 1.807) is 11.0 Å². The molecule has 0 aromatic heterocycles. The Bertz CT molecular complexity index is 618. The summed E-state index contributed by atoms with van der Waals surface area (Å²) in [5, 5.41) is 0. The number of carbonyl (C=O) groups is 1. The van der Waals surface area contributed by atoms with E-state index < -0.39 is 9.84 Å². The van der Waals surface area contributed by atoms with Gasteiger partial charge in [0.05, 0.1) is 4.90 Å². The van der Waals surface area contributed by atoms with Gasteiger partial charge in [-0.2, -0.15) is 0 Å². The molecule has 5 nitrogen and oxygen atoms in total. The molecule has 2 N–H and O–H groups in total. The molecule has 1 aliphatic heterocycles. The molecule has 1 aromatic rings. The molecule has 1 fully saturated rings. The largest absolute Gasteiger partial charge is 0.399 e. The molecule has 0 aliphatic carbocycles. The number of rotatable bonds is 2. The number of nitrogens with two attached hydrogens (primary N) is 1. The topological polar surface area (TPSA) is 80.5 Å². The lowest BCUT2D eigenvalue weighted by Gasteiger charge is -2.25. The first-order valence-electron chi connectivity index (χ1n) is 7.28. The van der Waals surface area contributed by atoms with Crippen LogP contribution in [0.25, 0.3) is 0 Å². The van der Waals surface area contributed by atoms with E-state index in [9.17, 15) is 13.2 Å². The summed E-state index contributed by atoms with van der Waals surface area (Å²) in [5.41, 5.74) is 6.40. The molecule has 0 unspecified atom stereocenters. The van der Waals surface area contributed by atoms with E-state index in [4.69, 9.17) is 5.73 Å². The number of hydrogen-bond donors (Lipinski definition) is 1. The zero-order valence-electron chi connectivity index (χ0n) is 12.3. The van der Waals surface area contributed by atoms with Crippen LogP contribution in [0.3, 0.4) is 0 Å². The zero-order valence-corrected chi connectivity index (χ0v) is 13.2. The second-order valence-electron chi connectivity index (χ2n) is 5.62. The summed E-state index contributed by atoms with van der Waals surface area (Å²) in [7, 11) is -3.38. The highest BCUT2D eigenvalue weighted by molar-refractivity contribution is 7.90. The van der Waals surface area contributed by atoms with Crippen LogP contribution in [0, 0.1) is 0 Å². The maximum absolute atomic E-state index is 12.6. The summed E-state index contributed by atoms with van der Waals surface area (Å²) in [4.78, 5) is 14.5. The van der Waals surface area contributed by atoms with Gasteiger partial charge in [-0.3, -0.25) is 4.79 Å². The maximum Gasteiger partial charge on any atom is 0.253 e. The van der Waals surface area contributed by atoms with Gasteiger partial charge in [-0.1, -0.05) is 19.3 Å². The molecule has 1 aromatic carbocycles. The monoisotopic (exact) mass is 310 g/mol. The van der Waals surface area contributed by atoms with Crippen LogP contribution in [0.4, 0.5) is 5.69 Å². The third-order valence-corrected chi connectivity index (χ3v) is 4.84. The minimum atomic E-state index is -3.38. The first-order valence-corrected chi connectivity index (χ1v) is 9.17. The molecule has 6 heteroatoms. The Morgan fingerprint density at radius 2 is 1.62 bits per heavy atom. The SMILES string of the molecule is CS(=O)(=O)c1cc(N)cc(C(=O)N2CCCCCCC2)c1. The first kappa shape index (κ1) is 15.8. The number of hydrogen-bond acceptors (Lipinski definition) is 4. The summed E-state index contributed by atoms with van der Waals surface area (Å²) >= 11 is 0. The smallest absolute Gasteiger partial charge is 0.253 e. The third-order valence-electron chi connectivity index (χ3n) is 3.75. The summed E-state index contributed by atoms with van der Waals surface area (Å²) in [6.45, 7) is 1.45. The van der Waals surface area contributed by atoms with Crippen molar-refractivity contribution in [2.24, 2.45) is 0 Å². The lowest BCUT2D eigenvalue weighted by atomic mass is 10.1. The Kier molecular flexibility index (Phi) is 4.88. The van der Waals surface area contributed by atoms with Gasteiger partial charge in [0.2, 0.25) is 0 Å². The average molecular weight is 310 g/mol. The first-order chi connectivity index (χ1) is 9.88. The normalized spacial score (nSPS) is 17.1. The van der Waals surface area contributed by atoms with Crippen LogP contribution in [-0.2, 0) is 9.84 Å². The van der Waals surface area contributed by atoms with Gasteiger partial charge in [0.1, 0.15) is 0 Å². The number of carbonyl (C=O) groups excluding carboxylic acids is 1. The highest BCUT2D eigenvalue weighted by Crippen LogP contribution is 2.20. The highest BCUT2D eigenvalue weighted by atomic mass is 32.2. The van der Waals surface area contributed by atoms with Crippen LogP contribution in [0.2, 0.25) is 0 Å². The number of sulfone groups is 1. The highest BCUT2D eigenvalue weighted by Gasteiger charge is 2.19. The van der Waals surface area contributed by atoms with Crippen molar-refractivity contribution < 1.29 is 13.2 Å². The molecular weight excluding hydrogens is 288 g/mol. The third kappa shape index (κ3) is 4.20. The molecule has 0 atom stereocenters. The van der Waals surface area contributed by atoms with Crippen molar-refractivity contribution in [3.05, 3.63) is 23.8 Å². The van der Waals surface area contributed by atoms with Gasteiger partial charge in [-0.15, -0.1) is 0 Å². The van der Waals surface area contributed by atoms with Crippen molar-refractivity contribution in [2.75, 3.05) is 25.1 Å². The van der Waals surface area contributed by atoms with Crippen LogP contribution in [-0.4, -0.2) is 38.6 Å². The number of nitrogen functional groups attached to an aromatic ring is 1. The van der Waals surface area contributed by atoms with Crippen molar-refractivity contribution in [2.45, 2.75) is 37.0 Å². The summed E-state index contributed by atoms with van der Waals surface area (Å²) in [6.07, 6.45) is 6.59. The van der Waals surface area contributed by atoms with E-state index in [1.807, 2.05) is 0 Å². The van der Waals surface area contributed by atoms with Gasteiger partial charge in [0.15, 0.2) is 9.84 Å². The maximum atomic E-state index is 12.6. The van der Waals surface area contributed by atoms with Gasteiger partial charge < -0.3 is 10.6 Å². The predicted octanol–water partition coefficient (Wildman–Crippen LogP) is 2.08. The molecule has 0 saturated carbocycles. The molecule has 1 amide bonds. The van der Waals surface area contributed by atoms with Crippen molar-refractivity contribution in [3.63, 3.8) is 0 Å². The number of amides is 1. The average Bonchev–Trinajstić information content (AvgIpc) is 2.36. The Labute approximate surface area is 126 Å². The molecule has 0 radical (unpaired) electrons. The second-order valence-corrected chi connectivity index (χ2v) is 7.64. The number of benzene rings is 1. The van der Waals surface area contributed by atoms with Crippen LogP contribution in [0.15, 0.2) is 23.1 Å². The van der Waals surface area contributed by atoms with Gasteiger partial charge in [-0.05, 0) is 31.0 Å². The quantitative estimate of drug-likeness (QED) is 0.848. The van der Waals surface area contributed by atoms with Crippen molar-refractivity contribution in [1.29, 1.82) is 0 Å². The Morgan fingerprint density at radius 1 is 1.05 bits per heavy atom. The summed E-state index contributed by atoms with van der Waals surface area (Å²) in [5.74, 6) is -0.130. The zero-order chi connectivity index (χ0) is 15.5. The molecule has 0 spiro atoms. The standard InChI is InChI=1S/C15H22N2O3S/c1-21(19,20)14-10-12(9-13(16)11-14)15(18)17-7-5-3-2-4-6-8-17/h9-11H,2-8,16H2,1H3. The van der Waals surface area contributed by atoms with Crippen molar-refractivity contribution >= 4 is 21.4 Å². The Morgan fingerprint density at radius 3 is 2.19 bits per heavy atom. The van der Waals surface area contributed by atoms with E-state index >= 15 is 0 Å². The van der Waals surface area contributed by atoms with Gasteiger partial charge in [0, 0.05) is 30.6 Å². The van der Waals surface area contributed by atoms with E-state index in [0.29, 0.717) is 11.3 Å². The molecule has 1 saturated heterocycles. The van der Waals surface area contributed by atoms with Crippen LogP contribution >= 0.6 is 0 Å². The molecule has 21 heavy (non-hydrogen) atoms. The minimum absolute atomic E-state index is 0.0953. The van der Waals surface area contributed by atoms with E-state index in [2.05, 4.69) is 0 Å². The fourth-order valence-electron chi connectivity index (χ4n) is 2.59. The van der Waals surface area contributed by atoms with Gasteiger partial charge in [-0.25, -0.2) is 8.42 Å². The molecule has 1 heterocycles. The molecule has 1 aliphatic rings. The van der Waals surface area contributed by atoms with Gasteiger partial charge in [0.25, 0.3) is 5.91 Å². The lowest BCUT2D eigenvalue weighted by Crippen LogP contribution is -2.33. The van der Waals surface area contributed by atoms with Gasteiger partial charge >= 0.3 is 0 Å². The Balaban J connectivity index is 2.27.